The van der Waals surface area contributed by atoms with E-state index >= 15 is 0 Å². The van der Waals surface area contributed by atoms with Crippen LogP contribution in [0, 0.1) is 0 Å². The second-order valence-electron chi connectivity index (χ2n) is 7.66. The Morgan fingerprint density at radius 3 is 2.61 bits per heavy atom. The summed E-state index contributed by atoms with van der Waals surface area (Å²) >= 11 is 5.89. The van der Waals surface area contributed by atoms with Crippen molar-refractivity contribution < 1.29 is 17.9 Å². The number of rotatable bonds is 7. The Morgan fingerprint density at radius 1 is 1.26 bits per heavy atom. The van der Waals surface area contributed by atoms with Gasteiger partial charge in [0.2, 0.25) is 0 Å². The normalized spacial score (nSPS) is 19.6. The molecule has 0 saturated carbocycles. The minimum Gasteiger partial charge on any atom is -0.495 e. The second-order valence-corrected chi connectivity index (χ2v) is 10.4. The van der Waals surface area contributed by atoms with Crippen molar-refractivity contribution >= 4 is 33.2 Å². The molecule has 0 bridgehead atoms. The van der Waals surface area contributed by atoms with Crippen LogP contribution in [-0.4, -0.2) is 69.1 Å². The van der Waals surface area contributed by atoms with E-state index in [0.29, 0.717) is 42.5 Å². The average Bonchev–Trinajstić information content (AvgIpc) is 2.74. The number of halogens is 1. The standard InChI is InChI=1S/C21H27ClN4O4S/c1-30-17-7-8-19(23-13-17)18-14-26(11-12-31(2,28)29)10-9-20(18)25-21(27)24-16-5-3-15(22)4-6-16/h3-8,13,18,20H,9-12,14H2,1-2H3,(H2,24,25,27). The molecule has 0 spiro atoms. The average molecular weight is 467 g/mol. The zero-order chi connectivity index (χ0) is 22.4. The Kier molecular flexibility index (Phi) is 7.74. The van der Waals surface area contributed by atoms with Gasteiger partial charge in [-0.05, 0) is 42.8 Å². The number of nitrogens with one attached hydrogen (secondary N) is 2. The molecule has 2 unspecified atom stereocenters. The fourth-order valence-electron chi connectivity index (χ4n) is 3.59. The van der Waals surface area contributed by atoms with E-state index < -0.39 is 9.84 Å². The number of pyridine rings is 1. The van der Waals surface area contributed by atoms with Crippen molar-refractivity contribution in [3.8, 4) is 5.75 Å². The topological polar surface area (TPSA) is 101 Å². The van der Waals surface area contributed by atoms with E-state index in [-0.39, 0.29) is 23.7 Å². The van der Waals surface area contributed by atoms with Crippen molar-refractivity contribution in [2.24, 2.45) is 0 Å². The molecule has 2 amide bonds. The molecule has 0 aliphatic carbocycles. The van der Waals surface area contributed by atoms with Crippen LogP contribution in [0.4, 0.5) is 10.5 Å². The Labute approximate surface area is 187 Å². The number of hydrogen-bond acceptors (Lipinski definition) is 6. The van der Waals surface area contributed by atoms with Gasteiger partial charge in [-0.15, -0.1) is 0 Å². The Balaban J connectivity index is 1.71. The number of piperidine rings is 1. The zero-order valence-corrected chi connectivity index (χ0v) is 19.1. The van der Waals surface area contributed by atoms with Crippen molar-refractivity contribution in [3.63, 3.8) is 0 Å². The molecule has 1 aliphatic heterocycles. The molecule has 2 aromatic rings. The van der Waals surface area contributed by atoms with E-state index in [4.69, 9.17) is 16.3 Å². The van der Waals surface area contributed by atoms with Gasteiger partial charge in [-0.3, -0.25) is 4.98 Å². The summed E-state index contributed by atoms with van der Waals surface area (Å²) in [5, 5.41) is 6.47. The number of amides is 2. The smallest absolute Gasteiger partial charge is 0.319 e. The molecule has 1 aliphatic rings. The number of urea groups is 1. The number of likely N-dealkylation sites (tertiary alicyclic amines) is 1. The highest BCUT2D eigenvalue weighted by Crippen LogP contribution is 2.27. The predicted octanol–water partition coefficient (Wildman–Crippen LogP) is 2.77. The molecule has 8 nitrogen and oxygen atoms in total. The maximum absolute atomic E-state index is 12.6. The number of anilines is 1. The molecule has 168 valence electrons. The van der Waals surface area contributed by atoms with Gasteiger partial charge >= 0.3 is 6.03 Å². The minimum absolute atomic E-state index is 0.0878. The number of nitrogens with zero attached hydrogens (tertiary/aromatic N) is 2. The van der Waals surface area contributed by atoms with Crippen LogP contribution in [0.1, 0.15) is 18.0 Å². The summed E-state index contributed by atoms with van der Waals surface area (Å²) < 4.78 is 28.3. The number of methoxy groups -OCH3 is 1. The molecule has 1 aromatic carbocycles. The number of carbonyl (C=O) groups excluding carboxylic acids is 1. The molecule has 0 radical (unpaired) electrons. The van der Waals surface area contributed by atoms with Crippen LogP contribution in [0.3, 0.4) is 0 Å². The van der Waals surface area contributed by atoms with Crippen LogP contribution in [0.15, 0.2) is 42.6 Å². The maximum Gasteiger partial charge on any atom is 0.319 e. The van der Waals surface area contributed by atoms with Gasteiger partial charge in [0, 0.05) is 54.3 Å². The van der Waals surface area contributed by atoms with Crippen LogP contribution in [0.25, 0.3) is 0 Å². The summed E-state index contributed by atoms with van der Waals surface area (Å²) in [7, 11) is -1.47. The quantitative estimate of drug-likeness (QED) is 0.650. The molecule has 1 aromatic heterocycles. The van der Waals surface area contributed by atoms with Crippen molar-refractivity contribution in [3.05, 3.63) is 53.3 Å². The molecule has 2 heterocycles. The van der Waals surface area contributed by atoms with Crippen molar-refractivity contribution in [1.82, 2.24) is 15.2 Å². The SMILES string of the molecule is COc1ccc(C2CN(CCS(C)(=O)=O)CCC2NC(=O)Nc2ccc(Cl)cc2)nc1. The molecule has 2 N–H and O–H groups in total. The molecule has 31 heavy (non-hydrogen) atoms. The lowest BCUT2D eigenvalue weighted by molar-refractivity contribution is 0.180. The van der Waals surface area contributed by atoms with Gasteiger partial charge in [0.05, 0.1) is 19.1 Å². The van der Waals surface area contributed by atoms with Crippen LogP contribution >= 0.6 is 11.6 Å². The highest BCUT2D eigenvalue weighted by molar-refractivity contribution is 7.90. The summed E-state index contributed by atoms with van der Waals surface area (Å²) in [6, 6.07) is 10.1. The summed E-state index contributed by atoms with van der Waals surface area (Å²) in [6.45, 7) is 1.74. The van der Waals surface area contributed by atoms with Crippen molar-refractivity contribution in [2.45, 2.75) is 18.4 Å². The lowest BCUT2D eigenvalue weighted by Gasteiger charge is -2.38. The first-order valence-electron chi connectivity index (χ1n) is 9.96. The Bertz CT molecular complexity index is 983. The zero-order valence-electron chi connectivity index (χ0n) is 17.5. The van der Waals surface area contributed by atoms with Gasteiger partial charge in [-0.1, -0.05) is 11.6 Å². The summed E-state index contributed by atoms with van der Waals surface area (Å²) in [5.41, 5.74) is 1.47. The molecule has 1 fully saturated rings. The van der Waals surface area contributed by atoms with Crippen LogP contribution in [0.2, 0.25) is 5.02 Å². The van der Waals surface area contributed by atoms with E-state index in [0.717, 1.165) is 5.69 Å². The highest BCUT2D eigenvalue weighted by Gasteiger charge is 2.32. The molecular weight excluding hydrogens is 440 g/mol. The van der Waals surface area contributed by atoms with E-state index in [9.17, 15) is 13.2 Å². The number of hydrogen-bond donors (Lipinski definition) is 2. The minimum atomic E-state index is -3.05. The molecule has 3 rings (SSSR count). The van der Waals surface area contributed by atoms with E-state index in [1.54, 1.807) is 37.6 Å². The first-order chi connectivity index (χ1) is 14.7. The second kappa shape index (κ2) is 10.3. The monoisotopic (exact) mass is 466 g/mol. The largest absolute Gasteiger partial charge is 0.495 e. The van der Waals surface area contributed by atoms with Crippen LogP contribution < -0.4 is 15.4 Å². The van der Waals surface area contributed by atoms with Crippen LogP contribution in [0.5, 0.6) is 5.75 Å². The van der Waals surface area contributed by atoms with Gasteiger partial charge in [0.25, 0.3) is 0 Å². The van der Waals surface area contributed by atoms with E-state index in [1.807, 2.05) is 12.1 Å². The first kappa shape index (κ1) is 23.3. The summed E-state index contributed by atoms with van der Waals surface area (Å²) in [5.74, 6) is 0.666. The Morgan fingerprint density at radius 2 is 2.00 bits per heavy atom. The number of carbonyl (C=O) groups is 1. The van der Waals surface area contributed by atoms with E-state index in [2.05, 4.69) is 20.5 Å². The first-order valence-corrected chi connectivity index (χ1v) is 12.4. The van der Waals surface area contributed by atoms with Gasteiger partial charge < -0.3 is 20.3 Å². The third-order valence-electron chi connectivity index (χ3n) is 5.27. The van der Waals surface area contributed by atoms with Crippen molar-refractivity contribution in [1.29, 1.82) is 0 Å². The number of aromatic nitrogens is 1. The molecule has 1 saturated heterocycles. The number of benzene rings is 1. The number of ether oxygens (including phenoxy) is 1. The lowest BCUT2D eigenvalue weighted by atomic mass is 9.89. The van der Waals surface area contributed by atoms with Gasteiger partial charge in [-0.25, -0.2) is 13.2 Å². The predicted molar refractivity (Wildman–Crippen MR) is 122 cm³/mol. The summed E-state index contributed by atoms with van der Waals surface area (Å²) in [6.07, 6.45) is 3.57. The fourth-order valence-corrected chi connectivity index (χ4v) is 4.31. The Hall–Kier alpha value is -2.36. The molecule has 2 atom stereocenters. The van der Waals surface area contributed by atoms with Crippen LogP contribution in [-0.2, 0) is 9.84 Å². The van der Waals surface area contributed by atoms with Gasteiger partial charge in [0.15, 0.2) is 0 Å². The molecular formula is C21H27ClN4O4S. The third-order valence-corrected chi connectivity index (χ3v) is 6.44. The fraction of sp³-hybridized carbons (Fsp3) is 0.429. The maximum atomic E-state index is 12.6. The number of sulfone groups is 1. The molecule has 10 heteroatoms. The van der Waals surface area contributed by atoms with Gasteiger partial charge in [-0.2, -0.15) is 0 Å². The van der Waals surface area contributed by atoms with E-state index in [1.165, 1.54) is 6.26 Å². The van der Waals surface area contributed by atoms with Crippen molar-refractivity contribution in [2.75, 3.05) is 44.1 Å². The van der Waals surface area contributed by atoms with Gasteiger partial charge in [0.1, 0.15) is 15.6 Å². The lowest BCUT2D eigenvalue weighted by Crippen LogP contribution is -2.51. The third kappa shape index (κ3) is 7.09. The highest BCUT2D eigenvalue weighted by atomic mass is 35.5. The summed E-state index contributed by atoms with van der Waals surface area (Å²) in [4.78, 5) is 19.2.